The molecule has 0 unspecified atom stereocenters. The van der Waals surface area contributed by atoms with E-state index in [1.165, 1.54) is 4.90 Å². The van der Waals surface area contributed by atoms with Crippen molar-refractivity contribution in [1.82, 2.24) is 4.98 Å². The highest BCUT2D eigenvalue weighted by atomic mass is 16.5. The lowest BCUT2D eigenvalue weighted by molar-refractivity contribution is -0.121. The van der Waals surface area contributed by atoms with E-state index >= 15 is 0 Å². The molecule has 3 rings (SSSR count). The van der Waals surface area contributed by atoms with Gasteiger partial charge in [0.1, 0.15) is 0 Å². The van der Waals surface area contributed by atoms with Crippen LogP contribution in [-0.2, 0) is 4.79 Å². The zero-order valence-corrected chi connectivity index (χ0v) is 9.96. The van der Waals surface area contributed by atoms with Crippen LogP contribution in [0.1, 0.15) is 0 Å². The van der Waals surface area contributed by atoms with E-state index < -0.39 is 0 Å². The molecule has 4 heteroatoms. The molecule has 0 bridgehead atoms. The van der Waals surface area contributed by atoms with Crippen LogP contribution in [0.5, 0.6) is 5.75 Å². The Morgan fingerprint density at radius 1 is 1.17 bits per heavy atom. The van der Waals surface area contributed by atoms with Gasteiger partial charge in [0.05, 0.1) is 5.69 Å². The molecule has 0 aliphatic carbocycles. The van der Waals surface area contributed by atoms with Crippen molar-refractivity contribution in [2.75, 3.05) is 18.6 Å². The van der Waals surface area contributed by atoms with E-state index in [4.69, 9.17) is 4.74 Å². The molecule has 4 nitrogen and oxygen atoms in total. The van der Waals surface area contributed by atoms with Crippen LogP contribution in [-0.4, -0.2) is 24.5 Å². The number of aromatic nitrogens is 1. The van der Waals surface area contributed by atoms with Gasteiger partial charge in [-0.25, -0.2) is 4.98 Å². The van der Waals surface area contributed by atoms with E-state index in [9.17, 15) is 4.79 Å². The second-order valence-electron chi connectivity index (χ2n) is 4.13. The van der Waals surface area contributed by atoms with Gasteiger partial charge in [0.25, 0.3) is 5.91 Å². The van der Waals surface area contributed by atoms with Gasteiger partial charge in [-0.05, 0) is 12.1 Å². The number of likely N-dealkylation sites (N-methyl/N-ethyl adjacent to an activating group) is 1. The van der Waals surface area contributed by atoms with E-state index in [1.807, 2.05) is 42.5 Å². The molecule has 0 spiro atoms. The van der Waals surface area contributed by atoms with Gasteiger partial charge in [0.15, 0.2) is 18.2 Å². The molecule has 1 aliphatic heterocycles. The van der Waals surface area contributed by atoms with E-state index in [2.05, 4.69) is 4.98 Å². The first-order valence-corrected chi connectivity index (χ1v) is 5.71. The maximum Gasteiger partial charge on any atom is 0.265 e. The number of benzene rings is 1. The first kappa shape index (κ1) is 10.8. The van der Waals surface area contributed by atoms with Crippen molar-refractivity contribution in [2.24, 2.45) is 0 Å². The zero-order chi connectivity index (χ0) is 12.5. The number of nitrogens with zero attached hydrogens (tertiary/aromatic N) is 2. The van der Waals surface area contributed by atoms with Crippen LogP contribution in [0.25, 0.3) is 11.3 Å². The Balaban J connectivity index is 2.08. The Kier molecular flexibility index (Phi) is 2.48. The Labute approximate surface area is 105 Å². The number of ether oxygens (including phenoxy) is 1. The summed E-state index contributed by atoms with van der Waals surface area (Å²) >= 11 is 0. The molecule has 0 saturated heterocycles. The maximum atomic E-state index is 11.6. The first-order valence-electron chi connectivity index (χ1n) is 5.71. The lowest BCUT2D eigenvalue weighted by Gasteiger charge is -2.25. The van der Waals surface area contributed by atoms with Crippen LogP contribution >= 0.6 is 0 Å². The van der Waals surface area contributed by atoms with E-state index in [0.717, 1.165) is 11.3 Å². The highest BCUT2D eigenvalue weighted by molar-refractivity contribution is 5.96. The van der Waals surface area contributed by atoms with Crippen molar-refractivity contribution in [2.45, 2.75) is 0 Å². The van der Waals surface area contributed by atoms with Gasteiger partial charge in [-0.2, -0.15) is 0 Å². The van der Waals surface area contributed by atoms with Crippen molar-refractivity contribution in [3.63, 3.8) is 0 Å². The molecule has 18 heavy (non-hydrogen) atoms. The van der Waals surface area contributed by atoms with E-state index in [-0.39, 0.29) is 12.5 Å². The fourth-order valence-corrected chi connectivity index (χ4v) is 1.91. The Bertz CT molecular complexity index is 596. The third-order valence-electron chi connectivity index (χ3n) is 2.95. The molecule has 0 radical (unpaired) electrons. The van der Waals surface area contributed by atoms with E-state index in [0.29, 0.717) is 11.6 Å². The lowest BCUT2D eigenvalue weighted by Crippen LogP contribution is -2.36. The minimum absolute atomic E-state index is 0.0792. The minimum atomic E-state index is -0.0831. The first-order chi connectivity index (χ1) is 8.75. The third kappa shape index (κ3) is 1.72. The molecule has 0 fully saturated rings. The van der Waals surface area contributed by atoms with Crippen LogP contribution in [0.15, 0.2) is 42.5 Å². The largest absolute Gasteiger partial charge is 0.480 e. The highest BCUT2D eigenvalue weighted by Crippen LogP contribution is 2.31. The SMILES string of the molecule is CN1C(=O)COc2ccc(-c3ccccc3)nc21. The number of anilines is 1. The Morgan fingerprint density at radius 3 is 2.72 bits per heavy atom. The predicted octanol–water partition coefficient (Wildman–Crippen LogP) is 2.10. The van der Waals surface area contributed by atoms with Gasteiger partial charge >= 0.3 is 0 Å². The van der Waals surface area contributed by atoms with Crippen LogP contribution < -0.4 is 9.64 Å². The summed E-state index contributed by atoms with van der Waals surface area (Å²) in [6, 6.07) is 13.6. The lowest BCUT2D eigenvalue weighted by atomic mass is 10.1. The molecule has 1 aliphatic rings. The van der Waals surface area contributed by atoms with Gasteiger partial charge in [-0.3, -0.25) is 9.69 Å². The molecule has 0 saturated carbocycles. The van der Waals surface area contributed by atoms with Gasteiger partial charge < -0.3 is 4.74 Å². The number of fused-ring (bicyclic) bond motifs is 1. The average Bonchev–Trinajstić information content (AvgIpc) is 2.44. The third-order valence-corrected chi connectivity index (χ3v) is 2.95. The topological polar surface area (TPSA) is 42.4 Å². The van der Waals surface area contributed by atoms with Crippen molar-refractivity contribution in [1.29, 1.82) is 0 Å². The smallest absolute Gasteiger partial charge is 0.265 e. The molecule has 0 N–H and O–H groups in total. The number of carbonyl (C=O) groups excluding carboxylic acids is 1. The molecular weight excluding hydrogens is 228 g/mol. The highest BCUT2D eigenvalue weighted by Gasteiger charge is 2.23. The Morgan fingerprint density at radius 2 is 1.94 bits per heavy atom. The maximum absolute atomic E-state index is 11.6. The fraction of sp³-hybridized carbons (Fsp3) is 0.143. The molecular formula is C14H12N2O2. The number of amides is 1. The number of pyridine rings is 1. The van der Waals surface area contributed by atoms with Gasteiger partial charge in [-0.15, -0.1) is 0 Å². The zero-order valence-electron chi connectivity index (χ0n) is 9.96. The standard InChI is InChI=1S/C14H12N2O2/c1-16-13(17)9-18-12-8-7-11(15-14(12)16)10-5-3-2-4-6-10/h2-8H,9H2,1H3. The van der Waals surface area contributed by atoms with Crippen molar-refractivity contribution in [3.8, 4) is 17.0 Å². The number of hydrogen-bond donors (Lipinski definition) is 0. The number of hydrogen-bond acceptors (Lipinski definition) is 3. The number of carbonyl (C=O) groups is 1. The average molecular weight is 240 g/mol. The van der Waals surface area contributed by atoms with Crippen LogP contribution in [0.2, 0.25) is 0 Å². The van der Waals surface area contributed by atoms with Crippen LogP contribution in [0.4, 0.5) is 5.82 Å². The summed E-state index contributed by atoms with van der Waals surface area (Å²) in [4.78, 5) is 17.6. The molecule has 0 atom stereocenters. The summed E-state index contributed by atoms with van der Waals surface area (Å²) in [7, 11) is 1.71. The van der Waals surface area contributed by atoms with Crippen molar-refractivity contribution in [3.05, 3.63) is 42.5 Å². The molecule has 1 aromatic carbocycles. The summed E-state index contributed by atoms with van der Waals surface area (Å²) in [5, 5.41) is 0. The molecule has 1 amide bonds. The molecule has 90 valence electrons. The van der Waals surface area contributed by atoms with Crippen LogP contribution in [0, 0.1) is 0 Å². The summed E-state index contributed by atoms with van der Waals surface area (Å²) in [6.07, 6.45) is 0. The molecule has 1 aromatic heterocycles. The molecule has 2 heterocycles. The van der Waals surface area contributed by atoms with Gasteiger partial charge in [-0.1, -0.05) is 30.3 Å². The Hall–Kier alpha value is -2.36. The monoisotopic (exact) mass is 240 g/mol. The summed E-state index contributed by atoms with van der Waals surface area (Å²) in [5.41, 5.74) is 1.85. The second kappa shape index (κ2) is 4.14. The van der Waals surface area contributed by atoms with Crippen molar-refractivity contribution >= 4 is 11.7 Å². The summed E-state index contributed by atoms with van der Waals surface area (Å²) in [5.74, 6) is 1.14. The van der Waals surface area contributed by atoms with Gasteiger partial charge in [0.2, 0.25) is 0 Å². The van der Waals surface area contributed by atoms with Crippen LogP contribution in [0.3, 0.4) is 0 Å². The number of rotatable bonds is 1. The fourth-order valence-electron chi connectivity index (χ4n) is 1.91. The van der Waals surface area contributed by atoms with E-state index in [1.54, 1.807) is 7.05 Å². The minimum Gasteiger partial charge on any atom is -0.480 e. The summed E-state index contributed by atoms with van der Waals surface area (Å²) < 4.78 is 5.34. The summed E-state index contributed by atoms with van der Waals surface area (Å²) in [6.45, 7) is 0.0792. The predicted molar refractivity (Wildman–Crippen MR) is 68.6 cm³/mol. The van der Waals surface area contributed by atoms with Crippen molar-refractivity contribution < 1.29 is 9.53 Å². The normalized spacial score (nSPS) is 14.1. The second-order valence-corrected chi connectivity index (χ2v) is 4.13. The van der Waals surface area contributed by atoms with Gasteiger partial charge in [0, 0.05) is 12.6 Å². The molecule has 2 aromatic rings. The quantitative estimate of drug-likeness (QED) is 0.766.